The summed E-state index contributed by atoms with van der Waals surface area (Å²) in [5, 5.41) is 1.08. The lowest BCUT2D eigenvalue weighted by Gasteiger charge is -2.07. The van der Waals surface area contributed by atoms with Gasteiger partial charge in [0.2, 0.25) is 0 Å². The van der Waals surface area contributed by atoms with Gasteiger partial charge in [-0.1, -0.05) is 18.2 Å². The minimum Gasteiger partial charge on any atom is -0.255 e. The fourth-order valence-electron chi connectivity index (χ4n) is 1.51. The molecule has 1 unspecified atom stereocenters. The van der Waals surface area contributed by atoms with Gasteiger partial charge in [-0.15, -0.1) is 11.8 Å². The Labute approximate surface area is 95.6 Å². The molecular formula is C11H11NOS2. The van der Waals surface area contributed by atoms with E-state index in [1.54, 1.807) is 24.2 Å². The molecule has 0 aliphatic carbocycles. The molecule has 0 bridgehead atoms. The molecule has 0 aliphatic heterocycles. The van der Waals surface area contributed by atoms with Crippen LogP contribution in [-0.4, -0.2) is 21.7 Å². The van der Waals surface area contributed by atoms with Crippen LogP contribution < -0.4 is 0 Å². The van der Waals surface area contributed by atoms with Crippen LogP contribution in [0.25, 0.3) is 10.9 Å². The zero-order valence-electron chi connectivity index (χ0n) is 8.56. The minimum absolute atomic E-state index is 0.821. The number of rotatable bonds is 2. The molecule has 1 aromatic heterocycles. The van der Waals surface area contributed by atoms with E-state index in [0.717, 1.165) is 20.7 Å². The summed E-state index contributed by atoms with van der Waals surface area (Å²) in [5.74, 6) is 0. The Morgan fingerprint density at radius 1 is 1.33 bits per heavy atom. The van der Waals surface area contributed by atoms with Gasteiger partial charge in [0.1, 0.15) is 0 Å². The first-order chi connectivity index (χ1) is 7.24. The smallest absolute Gasteiger partial charge is 0.0714 e. The molecule has 0 spiro atoms. The van der Waals surface area contributed by atoms with E-state index in [2.05, 4.69) is 4.98 Å². The quantitative estimate of drug-likeness (QED) is 0.752. The second-order valence-corrected chi connectivity index (χ2v) is 5.29. The van der Waals surface area contributed by atoms with Crippen molar-refractivity contribution in [1.82, 2.24) is 4.98 Å². The third-order valence-electron chi connectivity index (χ3n) is 2.21. The van der Waals surface area contributed by atoms with Crippen LogP contribution in [0.2, 0.25) is 0 Å². The van der Waals surface area contributed by atoms with Gasteiger partial charge in [0.25, 0.3) is 0 Å². The van der Waals surface area contributed by atoms with Crippen molar-refractivity contribution >= 4 is 33.5 Å². The largest absolute Gasteiger partial charge is 0.255 e. The maximum absolute atomic E-state index is 11.5. The van der Waals surface area contributed by atoms with Crippen LogP contribution in [0.4, 0.5) is 0 Å². The number of nitrogens with zero attached hydrogens (tertiary/aromatic N) is 1. The molecule has 0 amide bonds. The summed E-state index contributed by atoms with van der Waals surface area (Å²) in [6.45, 7) is 0. The summed E-state index contributed by atoms with van der Waals surface area (Å²) >= 11 is 1.62. The monoisotopic (exact) mass is 237 g/mol. The second kappa shape index (κ2) is 4.33. The molecule has 1 aromatic carbocycles. The van der Waals surface area contributed by atoms with Crippen molar-refractivity contribution in [1.29, 1.82) is 0 Å². The maximum Gasteiger partial charge on any atom is 0.0714 e. The number of para-hydroxylation sites is 1. The summed E-state index contributed by atoms with van der Waals surface area (Å²) in [6, 6.07) is 7.93. The zero-order chi connectivity index (χ0) is 10.8. The number of fused-ring (bicyclic) bond motifs is 1. The maximum atomic E-state index is 11.5. The van der Waals surface area contributed by atoms with Crippen LogP contribution in [0.5, 0.6) is 0 Å². The van der Waals surface area contributed by atoms with E-state index >= 15 is 0 Å². The third kappa shape index (κ3) is 1.92. The van der Waals surface area contributed by atoms with Gasteiger partial charge in [-0.2, -0.15) is 0 Å². The Balaban J connectivity index is 2.81. The third-order valence-corrected chi connectivity index (χ3v) is 4.11. The highest BCUT2D eigenvalue weighted by molar-refractivity contribution is 7.99. The highest BCUT2D eigenvalue weighted by atomic mass is 32.2. The van der Waals surface area contributed by atoms with Gasteiger partial charge >= 0.3 is 0 Å². The highest BCUT2D eigenvalue weighted by Gasteiger charge is 2.09. The lowest BCUT2D eigenvalue weighted by molar-refractivity contribution is 0.685. The standard InChI is InChI=1S/C11H11NOS2/c1-14-11-8-5-3-4-6-9(8)12-7-10(11)15(2)13/h3-7H,1-2H3. The van der Waals surface area contributed by atoms with Crippen LogP contribution in [0.15, 0.2) is 40.3 Å². The van der Waals surface area contributed by atoms with Gasteiger partial charge in [0.05, 0.1) is 21.2 Å². The molecule has 15 heavy (non-hydrogen) atoms. The Bertz CT molecular complexity index is 525. The van der Waals surface area contributed by atoms with Gasteiger partial charge in [-0.05, 0) is 12.3 Å². The van der Waals surface area contributed by atoms with Gasteiger partial charge in [0, 0.05) is 22.7 Å². The van der Waals surface area contributed by atoms with E-state index in [9.17, 15) is 4.21 Å². The van der Waals surface area contributed by atoms with E-state index < -0.39 is 10.8 Å². The number of hydrogen-bond acceptors (Lipinski definition) is 3. The Hall–Kier alpha value is -0.870. The fourth-order valence-corrected chi connectivity index (χ4v) is 3.33. The van der Waals surface area contributed by atoms with Crippen LogP contribution in [0.1, 0.15) is 0 Å². The van der Waals surface area contributed by atoms with E-state index in [0.29, 0.717) is 0 Å². The molecule has 2 nitrogen and oxygen atoms in total. The van der Waals surface area contributed by atoms with Crippen LogP contribution in [-0.2, 0) is 10.8 Å². The predicted octanol–water partition coefficient (Wildman–Crippen LogP) is 2.69. The number of aromatic nitrogens is 1. The molecule has 0 aliphatic rings. The average Bonchev–Trinajstić information content (AvgIpc) is 2.27. The second-order valence-electron chi connectivity index (χ2n) is 3.13. The molecule has 0 saturated carbocycles. The van der Waals surface area contributed by atoms with Crippen molar-refractivity contribution in [3.05, 3.63) is 30.5 Å². The van der Waals surface area contributed by atoms with Crippen molar-refractivity contribution in [2.45, 2.75) is 9.79 Å². The molecule has 1 atom stereocenters. The van der Waals surface area contributed by atoms with E-state index in [1.807, 2.05) is 30.5 Å². The summed E-state index contributed by atoms with van der Waals surface area (Å²) in [4.78, 5) is 6.20. The van der Waals surface area contributed by atoms with Crippen LogP contribution in [0.3, 0.4) is 0 Å². The normalized spacial score (nSPS) is 12.9. The number of hydrogen-bond donors (Lipinski definition) is 0. The van der Waals surface area contributed by atoms with E-state index in [-0.39, 0.29) is 0 Å². The SMILES string of the molecule is CSc1c(S(C)=O)cnc2ccccc12. The van der Waals surface area contributed by atoms with Gasteiger partial charge in [0.15, 0.2) is 0 Å². The molecule has 0 fully saturated rings. The number of pyridine rings is 1. The number of thioether (sulfide) groups is 1. The molecule has 0 N–H and O–H groups in total. The van der Waals surface area contributed by atoms with Crippen molar-refractivity contribution in [2.24, 2.45) is 0 Å². The number of benzene rings is 1. The highest BCUT2D eigenvalue weighted by Crippen LogP contribution is 2.30. The Morgan fingerprint density at radius 3 is 2.73 bits per heavy atom. The van der Waals surface area contributed by atoms with Gasteiger partial charge in [-0.3, -0.25) is 9.19 Å². The predicted molar refractivity (Wildman–Crippen MR) is 65.9 cm³/mol. The van der Waals surface area contributed by atoms with Crippen molar-refractivity contribution in [3.8, 4) is 0 Å². The van der Waals surface area contributed by atoms with Gasteiger partial charge < -0.3 is 0 Å². The molecule has 78 valence electrons. The van der Waals surface area contributed by atoms with Crippen LogP contribution >= 0.6 is 11.8 Å². The van der Waals surface area contributed by atoms with E-state index in [1.165, 1.54) is 0 Å². The lowest BCUT2D eigenvalue weighted by atomic mass is 10.2. The topological polar surface area (TPSA) is 30.0 Å². The molecule has 2 aromatic rings. The van der Waals surface area contributed by atoms with Gasteiger partial charge in [-0.25, -0.2) is 0 Å². The molecule has 0 radical (unpaired) electrons. The fraction of sp³-hybridized carbons (Fsp3) is 0.182. The Morgan fingerprint density at radius 2 is 2.07 bits per heavy atom. The zero-order valence-corrected chi connectivity index (χ0v) is 10.2. The average molecular weight is 237 g/mol. The van der Waals surface area contributed by atoms with Crippen LogP contribution in [0, 0.1) is 0 Å². The molecule has 0 saturated heterocycles. The molecule has 4 heteroatoms. The molecule has 2 rings (SSSR count). The minimum atomic E-state index is -0.980. The first kappa shape index (κ1) is 10.6. The lowest BCUT2D eigenvalue weighted by Crippen LogP contribution is -1.93. The first-order valence-corrected chi connectivity index (χ1v) is 7.27. The summed E-state index contributed by atoms with van der Waals surface area (Å²) in [5.41, 5.74) is 0.955. The first-order valence-electron chi connectivity index (χ1n) is 4.49. The van der Waals surface area contributed by atoms with E-state index in [4.69, 9.17) is 0 Å². The Kier molecular flexibility index (Phi) is 3.07. The molecule has 1 heterocycles. The van der Waals surface area contributed by atoms with Crippen molar-refractivity contribution < 1.29 is 4.21 Å². The van der Waals surface area contributed by atoms with Crippen molar-refractivity contribution in [3.63, 3.8) is 0 Å². The summed E-state index contributed by atoms with van der Waals surface area (Å²) < 4.78 is 11.5. The molecular weight excluding hydrogens is 226 g/mol. The summed E-state index contributed by atoms with van der Waals surface area (Å²) in [7, 11) is -0.980. The summed E-state index contributed by atoms with van der Waals surface area (Å²) in [6.07, 6.45) is 5.40. The van der Waals surface area contributed by atoms with Crippen molar-refractivity contribution in [2.75, 3.05) is 12.5 Å².